The van der Waals surface area contributed by atoms with Gasteiger partial charge in [-0.1, -0.05) is 0 Å². The van der Waals surface area contributed by atoms with Crippen LogP contribution >= 0.6 is 0 Å². The first kappa shape index (κ1) is 23.1. The summed E-state index contributed by atoms with van der Waals surface area (Å²) in [6.45, 7) is 1.85. The molecule has 3 heterocycles. The number of nitrogens with zero attached hydrogens (tertiary/aromatic N) is 1. The fraction of sp³-hybridized carbons (Fsp3) is 0.429. The van der Waals surface area contributed by atoms with Gasteiger partial charge in [0.1, 0.15) is 29.5 Å². The zero-order valence-corrected chi connectivity index (χ0v) is 17.4. The summed E-state index contributed by atoms with van der Waals surface area (Å²) in [6.07, 6.45) is -4.55. The molecule has 2 aliphatic heterocycles. The highest BCUT2D eigenvalue weighted by Crippen LogP contribution is 2.31. The molecule has 4 rings (SSSR count). The standard InChI is InChI=1S/C21H21F4N3O5/c1-11-15(3-2-6-26-11)32-17-10-31-18-14(9-30-19(17)18)28-20(29)27-8-12-7-13(22)4-5-16(12)33-21(23,24)25/h2-7,14,17-19H,8-10H2,1H3,(H2,27,28,29)/t14-,17-,18+,19+/m0/s1. The molecule has 0 radical (unpaired) electrons. The Morgan fingerprint density at radius 3 is 2.73 bits per heavy atom. The Labute approximate surface area is 186 Å². The molecule has 2 fully saturated rings. The van der Waals surface area contributed by atoms with Crippen molar-refractivity contribution in [2.24, 2.45) is 0 Å². The van der Waals surface area contributed by atoms with Crippen LogP contribution in [0.25, 0.3) is 0 Å². The molecule has 4 atom stereocenters. The van der Waals surface area contributed by atoms with Gasteiger partial charge in [-0.25, -0.2) is 9.18 Å². The van der Waals surface area contributed by atoms with Crippen LogP contribution in [0.3, 0.4) is 0 Å². The fourth-order valence-corrected chi connectivity index (χ4v) is 3.75. The Hall–Kier alpha value is -3.12. The van der Waals surface area contributed by atoms with Crippen molar-refractivity contribution >= 4 is 6.03 Å². The van der Waals surface area contributed by atoms with E-state index >= 15 is 0 Å². The van der Waals surface area contributed by atoms with Crippen LogP contribution in [-0.2, 0) is 16.0 Å². The Morgan fingerprint density at radius 2 is 1.97 bits per heavy atom. The lowest BCUT2D eigenvalue weighted by Crippen LogP contribution is -2.48. The third kappa shape index (κ3) is 5.63. The normalized spacial score (nSPS) is 24.3. The van der Waals surface area contributed by atoms with Crippen molar-refractivity contribution in [3.8, 4) is 11.5 Å². The van der Waals surface area contributed by atoms with E-state index in [2.05, 4.69) is 20.4 Å². The summed E-state index contributed by atoms with van der Waals surface area (Å²) in [7, 11) is 0. The number of benzene rings is 1. The molecule has 2 N–H and O–H groups in total. The number of hydrogen-bond acceptors (Lipinski definition) is 6. The van der Waals surface area contributed by atoms with E-state index in [-0.39, 0.29) is 31.4 Å². The zero-order chi connectivity index (χ0) is 23.6. The van der Waals surface area contributed by atoms with Crippen LogP contribution in [0.4, 0.5) is 22.4 Å². The van der Waals surface area contributed by atoms with Crippen LogP contribution in [0.2, 0.25) is 0 Å². The number of halogens is 4. The number of carbonyl (C=O) groups is 1. The van der Waals surface area contributed by atoms with E-state index in [1.807, 2.05) is 6.92 Å². The van der Waals surface area contributed by atoms with E-state index in [1.54, 1.807) is 18.3 Å². The highest BCUT2D eigenvalue weighted by Gasteiger charge is 2.49. The van der Waals surface area contributed by atoms with Crippen molar-refractivity contribution in [1.29, 1.82) is 0 Å². The molecule has 33 heavy (non-hydrogen) atoms. The van der Waals surface area contributed by atoms with Crippen LogP contribution in [0.1, 0.15) is 11.3 Å². The minimum atomic E-state index is -4.95. The van der Waals surface area contributed by atoms with E-state index in [0.29, 0.717) is 5.75 Å². The minimum absolute atomic E-state index is 0.164. The Kier molecular flexibility index (Phi) is 6.56. The second-order valence-corrected chi connectivity index (χ2v) is 7.57. The maximum Gasteiger partial charge on any atom is 0.573 e. The van der Waals surface area contributed by atoms with Gasteiger partial charge < -0.3 is 29.6 Å². The van der Waals surface area contributed by atoms with Crippen molar-refractivity contribution in [3.63, 3.8) is 0 Å². The number of urea groups is 1. The third-order valence-corrected chi connectivity index (χ3v) is 5.25. The predicted molar refractivity (Wildman–Crippen MR) is 105 cm³/mol. The monoisotopic (exact) mass is 471 g/mol. The zero-order valence-electron chi connectivity index (χ0n) is 17.4. The second-order valence-electron chi connectivity index (χ2n) is 7.57. The number of aromatic nitrogens is 1. The number of ether oxygens (including phenoxy) is 4. The molecule has 2 aliphatic rings. The van der Waals surface area contributed by atoms with Crippen LogP contribution in [0.15, 0.2) is 36.5 Å². The van der Waals surface area contributed by atoms with Gasteiger partial charge in [0, 0.05) is 18.3 Å². The number of aryl methyl sites for hydroxylation is 1. The SMILES string of the molecule is Cc1ncccc1O[C@H]1CO[C@H]2[C@@H]1OC[C@@H]2NC(=O)NCc1cc(F)ccc1OC(F)(F)F. The average Bonchev–Trinajstić information content (AvgIpc) is 3.32. The Bertz CT molecular complexity index is 1010. The van der Waals surface area contributed by atoms with Crippen LogP contribution in [-0.4, -0.2) is 54.9 Å². The molecule has 12 heteroatoms. The lowest BCUT2D eigenvalue weighted by molar-refractivity contribution is -0.274. The number of amides is 2. The summed E-state index contributed by atoms with van der Waals surface area (Å²) < 4.78 is 72.5. The van der Waals surface area contributed by atoms with Gasteiger partial charge in [-0.3, -0.25) is 4.98 Å². The molecule has 0 bridgehead atoms. The van der Waals surface area contributed by atoms with Gasteiger partial charge >= 0.3 is 12.4 Å². The molecule has 2 amide bonds. The van der Waals surface area contributed by atoms with Gasteiger partial charge in [-0.2, -0.15) is 0 Å². The first-order chi connectivity index (χ1) is 15.7. The predicted octanol–water partition coefficient (Wildman–Crippen LogP) is 2.84. The average molecular weight is 471 g/mol. The quantitative estimate of drug-likeness (QED) is 0.630. The van der Waals surface area contributed by atoms with Gasteiger partial charge in [-0.05, 0) is 37.3 Å². The van der Waals surface area contributed by atoms with Gasteiger partial charge in [0.05, 0.1) is 24.9 Å². The second kappa shape index (κ2) is 9.40. The number of nitrogens with one attached hydrogen (secondary N) is 2. The molecular formula is C21H21F4N3O5. The van der Waals surface area contributed by atoms with Crippen molar-refractivity contribution in [2.75, 3.05) is 13.2 Å². The Morgan fingerprint density at radius 1 is 1.18 bits per heavy atom. The number of carbonyl (C=O) groups excluding carboxylic acids is 1. The van der Waals surface area contributed by atoms with E-state index < -0.39 is 42.2 Å². The summed E-state index contributed by atoms with van der Waals surface area (Å²) in [4.78, 5) is 16.5. The fourth-order valence-electron chi connectivity index (χ4n) is 3.75. The largest absolute Gasteiger partial charge is 0.573 e. The summed E-state index contributed by atoms with van der Waals surface area (Å²) in [6, 6.07) is 4.91. The maximum absolute atomic E-state index is 13.5. The molecule has 0 spiro atoms. The number of alkyl halides is 3. The molecule has 1 aromatic heterocycles. The van der Waals surface area contributed by atoms with Crippen molar-refractivity contribution in [3.05, 3.63) is 53.6 Å². The summed E-state index contributed by atoms with van der Waals surface area (Å²) >= 11 is 0. The van der Waals surface area contributed by atoms with Crippen LogP contribution in [0, 0.1) is 12.7 Å². The lowest BCUT2D eigenvalue weighted by Gasteiger charge is -2.19. The molecule has 2 saturated heterocycles. The molecule has 0 unspecified atom stereocenters. The van der Waals surface area contributed by atoms with Gasteiger partial charge in [0.15, 0.2) is 6.10 Å². The molecule has 2 aromatic rings. The van der Waals surface area contributed by atoms with E-state index in [1.165, 1.54) is 0 Å². The highest BCUT2D eigenvalue weighted by atomic mass is 19.4. The molecular weight excluding hydrogens is 450 g/mol. The molecule has 0 aliphatic carbocycles. The maximum atomic E-state index is 13.5. The van der Waals surface area contributed by atoms with Crippen LogP contribution < -0.4 is 20.1 Å². The molecule has 178 valence electrons. The topological polar surface area (TPSA) is 90.9 Å². The summed E-state index contributed by atoms with van der Waals surface area (Å²) in [5, 5.41) is 5.08. The van der Waals surface area contributed by atoms with Crippen molar-refractivity contribution in [2.45, 2.75) is 44.2 Å². The van der Waals surface area contributed by atoms with Crippen molar-refractivity contribution in [1.82, 2.24) is 15.6 Å². The van der Waals surface area contributed by atoms with Crippen LogP contribution in [0.5, 0.6) is 11.5 Å². The number of rotatable bonds is 6. The molecule has 1 aromatic carbocycles. The van der Waals surface area contributed by atoms with Gasteiger partial charge in [-0.15, -0.1) is 13.2 Å². The van der Waals surface area contributed by atoms with E-state index in [9.17, 15) is 22.4 Å². The minimum Gasteiger partial charge on any atom is -0.483 e. The Balaban J connectivity index is 1.32. The van der Waals surface area contributed by atoms with Gasteiger partial charge in [0.25, 0.3) is 0 Å². The first-order valence-corrected chi connectivity index (χ1v) is 10.1. The molecule has 8 nitrogen and oxygen atoms in total. The number of hydrogen-bond donors (Lipinski definition) is 2. The van der Waals surface area contributed by atoms with E-state index in [4.69, 9.17) is 14.2 Å². The molecule has 0 saturated carbocycles. The number of fused-ring (bicyclic) bond motifs is 1. The number of pyridine rings is 1. The lowest BCUT2D eigenvalue weighted by atomic mass is 10.1. The van der Waals surface area contributed by atoms with E-state index in [0.717, 1.165) is 23.9 Å². The summed E-state index contributed by atoms with van der Waals surface area (Å²) in [5.41, 5.74) is 0.555. The first-order valence-electron chi connectivity index (χ1n) is 10.1. The smallest absolute Gasteiger partial charge is 0.483 e. The third-order valence-electron chi connectivity index (χ3n) is 5.25. The summed E-state index contributed by atoms with van der Waals surface area (Å²) in [5.74, 6) is -0.752. The highest BCUT2D eigenvalue weighted by molar-refractivity contribution is 5.74. The van der Waals surface area contributed by atoms with Crippen molar-refractivity contribution < 1.29 is 41.3 Å². The van der Waals surface area contributed by atoms with Gasteiger partial charge in [0.2, 0.25) is 0 Å².